The topological polar surface area (TPSA) is 149 Å². The van der Waals surface area contributed by atoms with E-state index in [2.05, 4.69) is 26.0 Å². The molecule has 0 radical (unpaired) electrons. The smallest absolute Gasteiger partial charge is 0.462 e. The van der Waals surface area contributed by atoms with Crippen LogP contribution in [0.25, 0.3) is 0 Å². The number of phosphoric ester groups is 1. The van der Waals surface area contributed by atoms with E-state index < -0.39 is 51.8 Å². The summed E-state index contributed by atoms with van der Waals surface area (Å²) in [5.41, 5.74) is 0. The van der Waals surface area contributed by atoms with Gasteiger partial charge in [-0.3, -0.25) is 18.6 Å². The highest BCUT2D eigenvalue weighted by Crippen LogP contribution is 2.43. The van der Waals surface area contributed by atoms with Crippen molar-refractivity contribution in [3.63, 3.8) is 0 Å². The van der Waals surface area contributed by atoms with Crippen LogP contribution in [-0.4, -0.2) is 65.7 Å². The Morgan fingerprint density at radius 1 is 0.468 bits per heavy atom. The quantitative estimate of drug-likeness (QED) is 0.0233. The third-order valence-corrected chi connectivity index (χ3v) is 12.6. The van der Waals surface area contributed by atoms with Crippen molar-refractivity contribution in [2.24, 2.45) is 0 Å². The summed E-state index contributed by atoms with van der Waals surface area (Å²) >= 11 is 0. The summed E-state index contributed by atoms with van der Waals surface area (Å²) in [6.07, 6.45) is 48.9. The van der Waals surface area contributed by atoms with Gasteiger partial charge in [0.1, 0.15) is 12.7 Å². The molecular weight excluding hydrogens is 804 g/mol. The Balaban J connectivity index is 4.12. The standard InChI is InChI=1S/C51H99O10P/c1-3-5-7-9-11-13-15-17-19-21-22-23-24-25-27-29-31-33-35-37-39-41-43-51(55)61-49(47-60-62(56,57)59-45-48(53)44-52)46-58-50(54)42-40-38-36-34-32-30-28-26-20-18-16-14-12-10-8-6-4-2/h14,16,48-49,52-53H,3-13,15,17-47H2,1-2H3,(H,56,57)/b16-14+/t48-,49+/m0/s1. The molecule has 0 aliphatic heterocycles. The molecule has 3 atom stereocenters. The maximum absolute atomic E-state index is 12.7. The van der Waals surface area contributed by atoms with Crippen molar-refractivity contribution in [3.05, 3.63) is 12.2 Å². The highest BCUT2D eigenvalue weighted by molar-refractivity contribution is 7.47. The Morgan fingerprint density at radius 2 is 0.790 bits per heavy atom. The zero-order chi connectivity index (χ0) is 45.5. The van der Waals surface area contributed by atoms with Crippen LogP contribution in [0.4, 0.5) is 0 Å². The average Bonchev–Trinajstić information content (AvgIpc) is 3.26. The highest BCUT2D eigenvalue weighted by atomic mass is 31.2. The molecule has 0 saturated heterocycles. The molecule has 368 valence electrons. The molecule has 0 heterocycles. The molecular formula is C51H99O10P. The first-order valence-corrected chi connectivity index (χ1v) is 27.6. The van der Waals surface area contributed by atoms with Crippen LogP contribution in [0, 0.1) is 0 Å². The van der Waals surface area contributed by atoms with Gasteiger partial charge in [-0.2, -0.15) is 0 Å². The first kappa shape index (κ1) is 60.7. The van der Waals surface area contributed by atoms with E-state index in [9.17, 15) is 24.2 Å². The second kappa shape index (κ2) is 47.7. The number of aliphatic hydroxyl groups is 2. The van der Waals surface area contributed by atoms with E-state index in [0.29, 0.717) is 12.8 Å². The molecule has 0 saturated carbocycles. The molecule has 0 bridgehead atoms. The predicted octanol–water partition coefficient (Wildman–Crippen LogP) is 14.7. The van der Waals surface area contributed by atoms with Crippen LogP contribution in [0.2, 0.25) is 0 Å². The lowest BCUT2D eigenvalue weighted by molar-refractivity contribution is -0.161. The van der Waals surface area contributed by atoms with Gasteiger partial charge < -0.3 is 24.6 Å². The minimum absolute atomic E-state index is 0.191. The third-order valence-electron chi connectivity index (χ3n) is 11.7. The van der Waals surface area contributed by atoms with Gasteiger partial charge in [-0.25, -0.2) is 4.57 Å². The fraction of sp³-hybridized carbons (Fsp3) is 0.922. The van der Waals surface area contributed by atoms with Gasteiger partial charge in [-0.15, -0.1) is 0 Å². The summed E-state index contributed by atoms with van der Waals surface area (Å²) < 4.78 is 32.9. The van der Waals surface area contributed by atoms with E-state index in [1.165, 1.54) is 186 Å². The van der Waals surface area contributed by atoms with E-state index in [1.54, 1.807) is 0 Å². The molecule has 3 N–H and O–H groups in total. The fourth-order valence-electron chi connectivity index (χ4n) is 7.64. The van der Waals surface area contributed by atoms with Crippen molar-refractivity contribution >= 4 is 19.8 Å². The number of carbonyl (C=O) groups is 2. The summed E-state index contributed by atoms with van der Waals surface area (Å²) in [4.78, 5) is 35.2. The molecule has 0 aromatic carbocycles. The highest BCUT2D eigenvalue weighted by Gasteiger charge is 2.27. The predicted molar refractivity (Wildman–Crippen MR) is 256 cm³/mol. The summed E-state index contributed by atoms with van der Waals surface area (Å²) in [5.74, 6) is -0.910. The summed E-state index contributed by atoms with van der Waals surface area (Å²) in [5, 5.41) is 18.4. The maximum Gasteiger partial charge on any atom is 0.472 e. The summed E-state index contributed by atoms with van der Waals surface area (Å²) in [7, 11) is -4.62. The second-order valence-corrected chi connectivity index (χ2v) is 19.4. The molecule has 11 heteroatoms. The normalized spacial score (nSPS) is 13.7. The van der Waals surface area contributed by atoms with Crippen molar-refractivity contribution in [1.29, 1.82) is 0 Å². The minimum atomic E-state index is -4.62. The van der Waals surface area contributed by atoms with E-state index in [-0.39, 0.29) is 19.4 Å². The Hall–Kier alpha value is -1.29. The number of unbranched alkanes of at least 4 members (excludes halogenated alkanes) is 34. The molecule has 1 unspecified atom stereocenters. The van der Waals surface area contributed by atoms with Crippen molar-refractivity contribution in [3.8, 4) is 0 Å². The summed E-state index contributed by atoms with van der Waals surface area (Å²) in [6.45, 7) is 2.43. The Kier molecular flexibility index (Phi) is 46.7. The number of aliphatic hydroxyl groups excluding tert-OH is 2. The third kappa shape index (κ3) is 46.7. The van der Waals surface area contributed by atoms with Crippen molar-refractivity contribution in [2.45, 2.75) is 276 Å². The molecule has 0 aliphatic rings. The van der Waals surface area contributed by atoms with Crippen LogP contribution in [0.3, 0.4) is 0 Å². The minimum Gasteiger partial charge on any atom is -0.462 e. The number of hydrogen-bond acceptors (Lipinski definition) is 9. The lowest BCUT2D eigenvalue weighted by Gasteiger charge is -2.20. The van der Waals surface area contributed by atoms with Crippen molar-refractivity contribution < 1.29 is 47.8 Å². The van der Waals surface area contributed by atoms with Gasteiger partial charge in [-0.1, -0.05) is 225 Å². The first-order chi connectivity index (χ1) is 30.2. The molecule has 0 rings (SSSR count). The Morgan fingerprint density at radius 3 is 1.18 bits per heavy atom. The zero-order valence-electron chi connectivity index (χ0n) is 40.4. The van der Waals surface area contributed by atoms with E-state index >= 15 is 0 Å². The van der Waals surface area contributed by atoms with Crippen LogP contribution < -0.4 is 0 Å². The molecule has 0 aliphatic carbocycles. The number of carbonyl (C=O) groups excluding carboxylic acids is 2. The van der Waals surface area contributed by atoms with E-state index in [1.807, 2.05) is 0 Å². The largest absolute Gasteiger partial charge is 0.472 e. The molecule has 0 aromatic heterocycles. The molecule has 0 amide bonds. The molecule has 0 fully saturated rings. The number of ether oxygens (including phenoxy) is 2. The SMILES string of the molecule is CCCCCC/C=C/CCCCCCCCCCCC(=O)OC[C@H](COP(=O)(O)OC[C@@H](O)CO)OC(=O)CCCCCCCCCCCCCCCCCCCCCCCC. The average molecular weight is 903 g/mol. The monoisotopic (exact) mass is 903 g/mol. The summed E-state index contributed by atoms with van der Waals surface area (Å²) in [6, 6.07) is 0. The van der Waals surface area contributed by atoms with Gasteiger partial charge in [0.25, 0.3) is 0 Å². The number of hydrogen-bond donors (Lipinski definition) is 3. The molecule has 0 spiro atoms. The van der Waals surface area contributed by atoms with Crippen LogP contribution in [0.1, 0.15) is 264 Å². The maximum atomic E-state index is 12.7. The van der Waals surface area contributed by atoms with Gasteiger partial charge in [0.15, 0.2) is 6.10 Å². The molecule has 62 heavy (non-hydrogen) atoms. The van der Waals surface area contributed by atoms with Gasteiger partial charge in [0.2, 0.25) is 0 Å². The number of phosphoric acid groups is 1. The Labute approximate surface area is 381 Å². The van der Waals surface area contributed by atoms with Crippen LogP contribution in [0.15, 0.2) is 12.2 Å². The van der Waals surface area contributed by atoms with Crippen LogP contribution in [0.5, 0.6) is 0 Å². The number of esters is 2. The zero-order valence-corrected chi connectivity index (χ0v) is 41.3. The van der Waals surface area contributed by atoms with Gasteiger partial charge >= 0.3 is 19.8 Å². The lowest BCUT2D eigenvalue weighted by Crippen LogP contribution is -2.29. The molecule has 0 aromatic rings. The van der Waals surface area contributed by atoms with E-state index in [0.717, 1.165) is 38.5 Å². The first-order valence-electron chi connectivity index (χ1n) is 26.1. The van der Waals surface area contributed by atoms with Gasteiger partial charge in [0.05, 0.1) is 19.8 Å². The molecule has 10 nitrogen and oxygen atoms in total. The van der Waals surface area contributed by atoms with Crippen molar-refractivity contribution in [1.82, 2.24) is 0 Å². The fourth-order valence-corrected chi connectivity index (χ4v) is 8.43. The van der Waals surface area contributed by atoms with Crippen LogP contribution in [-0.2, 0) is 32.7 Å². The van der Waals surface area contributed by atoms with Crippen molar-refractivity contribution in [2.75, 3.05) is 26.4 Å². The van der Waals surface area contributed by atoms with Gasteiger partial charge in [-0.05, 0) is 38.5 Å². The number of rotatable bonds is 50. The van der Waals surface area contributed by atoms with Crippen LogP contribution >= 0.6 is 7.82 Å². The Bertz CT molecular complexity index is 1040. The van der Waals surface area contributed by atoms with E-state index in [4.69, 9.17) is 23.6 Å². The second-order valence-electron chi connectivity index (χ2n) is 17.9. The lowest BCUT2D eigenvalue weighted by atomic mass is 10.0. The van der Waals surface area contributed by atoms with Gasteiger partial charge in [0, 0.05) is 12.8 Å². The number of allylic oxidation sites excluding steroid dienone is 2.